The second-order valence-corrected chi connectivity index (χ2v) is 4.91. The normalized spacial score (nSPS) is 16.8. The highest BCUT2D eigenvalue weighted by molar-refractivity contribution is 6.11. The molecule has 0 amide bonds. The third-order valence-electron chi connectivity index (χ3n) is 3.35. The molecule has 1 fully saturated rings. The molecule has 20 heavy (non-hydrogen) atoms. The average Bonchev–Trinajstić information content (AvgIpc) is 3.29. The number of ketones is 1. The molecular weight excluding hydrogens is 252 g/mol. The summed E-state index contributed by atoms with van der Waals surface area (Å²) in [7, 11) is 0. The van der Waals surface area contributed by atoms with Gasteiger partial charge in [0.25, 0.3) is 0 Å². The van der Waals surface area contributed by atoms with Crippen LogP contribution in [0.1, 0.15) is 21.5 Å². The van der Waals surface area contributed by atoms with Crippen molar-refractivity contribution in [1.82, 2.24) is 0 Å². The van der Waals surface area contributed by atoms with E-state index >= 15 is 0 Å². The van der Waals surface area contributed by atoms with Crippen molar-refractivity contribution in [3.05, 3.63) is 65.2 Å². The monoisotopic (exact) mass is 268 g/mol. The van der Waals surface area contributed by atoms with E-state index in [1.807, 2.05) is 49.4 Å². The molecule has 102 valence electrons. The summed E-state index contributed by atoms with van der Waals surface area (Å²) in [4.78, 5) is 12.6. The van der Waals surface area contributed by atoms with E-state index in [1.165, 1.54) is 0 Å². The molecule has 0 saturated carbocycles. The maximum absolute atomic E-state index is 12.6. The highest BCUT2D eigenvalue weighted by Gasteiger charge is 2.24. The van der Waals surface area contributed by atoms with Gasteiger partial charge in [0, 0.05) is 5.56 Å². The van der Waals surface area contributed by atoms with Gasteiger partial charge in [0.2, 0.25) is 0 Å². The van der Waals surface area contributed by atoms with E-state index in [-0.39, 0.29) is 11.9 Å². The first-order chi connectivity index (χ1) is 9.75. The summed E-state index contributed by atoms with van der Waals surface area (Å²) in [6.07, 6.45) is 0.177. The minimum absolute atomic E-state index is 0.00425. The van der Waals surface area contributed by atoms with E-state index in [1.54, 1.807) is 6.07 Å². The molecule has 3 heteroatoms. The number of para-hydroxylation sites is 1. The molecule has 0 bridgehead atoms. The third kappa shape index (κ3) is 2.73. The minimum Gasteiger partial charge on any atom is -0.490 e. The number of benzene rings is 2. The summed E-state index contributed by atoms with van der Waals surface area (Å²) in [5.41, 5.74) is 2.28. The highest BCUT2D eigenvalue weighted by atomic mass is 16.6. The van der Waals surface area contributed by atoms with Crippen LogP contribution in [0, 0.1) is 6.92 Å². The van der Waals surface area contributed by atoms with Crippen LogP contribution in [0.3, 0.4) is 0 Å². The number of carbonyl (C=O) groups is 1. The molecule has 1 saturated heterocycles. The Labute approximate surface area is 118 Å². The summed E-state index contributed by atoms with van der Waals surface area (Å²) in [5.74, 6) is 0.617. The molecular formula is C17H16O3. The van der Waals surface area contributed by atoms with Crippen LogP contribution in [0.4, 0.5) is 0 Å². The largest absolute Gasteiger partial charge is 0.490 e. The van der Waals surface area contributed by atoms with Crippen LogP contribution in [-0.2, 0) is 4.74 Å². The smallest absolute Gasteiger partial charge is 0.197 e. The van der Waals surface area contributed by atoms with E-state index in [0.717, 1.165) is 12.2 Å². The second-order valence-electron chi connectivity index (χ2n) is 4.91. The van der Waals surface area contributed by atoms with Crippen molar-refractivity contribution < 1.29 is 14.3 Å². The number of ether oxygens (including phenoxy) is 2. The van der Waals surface area contributed by atoms with E-state index in [2.05, 4.69) is 0 Å². The fourth-order valence-corrected chi connectivity index (χ4v) is 2.10. The van der Waals surface area contributed by atoms with Crippen molar-refractivity contribution in [1.29, 1.82) is 0 Å². The molecule has 2 aromatic carbocycles. The standard InChI is InChI=1S/C17H16O3/c1-12-6-2-3-7-14(12)17(18)15-8-4-5-9-16(15)20-11-13-10-19-13/h2-9,13H,10-11H2,1H3. The van der Waals surface area contributed by atoms with Gasteiger partial charge in [0.1, 0.15) is 18.5 Å². The number of rotatable bonds is 5. The van der Waals surface area contributed by atoms with Crippen LogP contribution in [0.25, 0.3) is 0 Å². The lowest BCUT2D eigenvalue weighted by atomic mass is 9.98. The van der Waals surface area contributed by atoms with Crippen LogP contribution in [-0.4, -0.2) is 25.1 Å². The second kappa shape index (κ2) is 5.47. The summed E-state index contributed by atoms with van der Waals surface area (Å²) in [6, 6.07) is 14.9. The van der Waals surface area contributed by atoms with E-state index in [9.17, 15) is 4.79 Å². The third-order valence-corrected chi connectivity index (χ3v) is 3.35. The van der Waals surface area contributed by atoms with E-state index < -0.39 is 0 Å². The Morgan fingerprint density at radius 3 is 2.50 bits per heavy atom. The molecule has 0 radical (unpaired) electrons. The van der Waals surface area contributed by atoms with Gasteiger partial charge in [-0.2, -0.15) is 0 Å². The molecule has 3 nitrogen and oxygen atoms in total. The number of hydrogen-bond donors (Lipinski definition) is 0. The van der Waals surface area contributed by atoms with Gasteiger partial charge < -0.3 is 9.47 Å². The Kier molecular flexibility index (Phi) is 3.52. The SMILES string of the molecule is Cc1ccccc1C(=O)c1ccccc1OCC1CO1. The summed E-state index contributed by atoms with van der Waals surface area (Å²) < 4.78 is 10.8. The number of epoxide rings is 1. The van der Waals surface area contributed by atoms with Gasteiger partial charge in [-0.3, -0.25) is 4.79 Å². The van der Waals surface area contributed by atoms with E-state index in [0.29, 0.717) is 23.5 Å². The zero-order chi connectivity index (χ0) is 13.9. The molecule has 0 spiro atoms. The predicted octanol–water partition coefficient (Wildman–Crippen LogP) is 3.00. The Hall–Kier alpha value is -2.13. The summed E-state index contributed by atoms with van der Waals surface area (Å²) in [6.45, 7) is 3.18. The first-order valence-corrected chi connectivity index (χ1v) is 6.69. The van der Waals surface area contributed by atoms with Crippen LogP contribution < -0.4 is 4.74 Å². The summed E-state index contributed by atoms with van der Waals surface area (Å²) in [5, 5.41) is 0. The molecule has 1 atom stereocenters. The summed E-state index contributed by atoms with van der Waals surface area (Å²) >= 11 is 0. The van der Waals surface area contributed by atoms with Gasteiger partial charge in [-0.1, -0.05) is 36.4 Å². The molecule has 1 heterocycles. The van der Waals surface area contributed by atoms with Gasteiger partial charge in [-0.25, -0.2) is 0 Å². The zero-order valence-electron chi connectivity index (χ0n) is 11.3. The first kappa shape index (κ1) is 12.9. The molecule has 1 aliphatic rings. The highest BCUT2D eigenvalue weighted by Crippen LogP contribution is 2.24. The minimum atomic E-state index is -0.00425. The van der Waals surface area contributed by atoms with Gasteiger partial charge in [-0.15, -0.1) is 0 Å². The molecule has 1 unspecified atom stereocenters. The lowest BCUT2D eigenvalue weighted by molar-refractivity contribution is 0.103. The van der Waals surface area contributed by atoms with Crippen LogP contribution >= 0.6 is 0 Å². The Morgan fingerprint density at radius 1 is 1.15 bits per heavy atom. The van der Waals surface area contributed by atoms with Gasteiger partial charge in [0.05, 0.1) is 12.2 Å². The Morgan fingerprint density at radius 2 is 1.80 bits per heavy atom. The molecule has 3 rings (SSSR count). The van der Waals surface area contributed by atoms with Crippen LogP contribution in [0.15, 0.2) is 48.5 Å². The zero-order valence-corrected chi connectivity index (χ0v) is 11.3. The fraction of sp³-hybridized carbons (Fsp3) is 0.235. The van der Waals surface area contributed by atoms with Crippen molar-refractivity contribution >= 4 is 5.78 Å². The van der Waals surface area contributed by atoms with Crippen molar-refractivity contribution in [3.63, 3.8) is 0 Å². The first-order valence-electron chi connectivity index (χ1n) is 6.69. The van der Waals surface area contributed by atoms with Gasteiger partial charge in [0.15, 0.2) is 5.78 Å². The van der Waals surface area contributed by atoms with Crippen molar-refractivity contribution in [2.24, 2.45) is 0 Å². The molecule has 0 aliphatic carbocycles. The Balaban J connectivity index is 1.88. The quantitative estimate of drug-likeness (QED) is 0.618. The predicted molar refractivity (Wildman–Crippen MR) is 76.3 cm³/mol. The van der Waals surface area contributed by atoms with Crippen LogP contribution in [0.5, 0.6) is 5.75 Å². The molecule has 0 aromatic heterocycles. The lowest BCUT2D eigenvalue weighted by Gasteiger charge is -2.11. The maximum atomic E-state index is 12.6. The van der Waals surface area contributed by atoms with Crippen molar-refractivity contribution in [2.45, 2.75) is 13.0 Å². The number of carbonyl (C=O) groups excluding carboxylic acids is 1. The molecule has 0 N–H and O–H groups in total. The fourth-order valence-electron chi connectivity index (χ4n) is 2.10. The van der Waals surface area contributed by atoms with Gasteiger partial charge in [-0.05, 0) is 24.6 Å². The van der Waals surface area contributed by atoms with E-state index in [4.69, 9.17) is 9.47 Å². The lowest BCUT2D eigenvalue weighted by Crippen LogP contribution is -2.10. The number of hydrogen-bond acceptors (Lipinski definition) is 3. The number of aryl methyl sites for hydroxylation is 1. The topological polar surface area (TPSA) is 38.8 Å². The van der Waals surface area contributed by atoms with Gasteiger partial charge >= 0.3 is 0 Å². The van der Waals surface area contributed by atoms with Crippen LogP contribution in [0.2, 0.25) is 0 Å². The van der Waals surface area contributed by atoms with Crippen molar-refractivity contribution in [2.75, 3.05) is 13.2 Å². The maximum Gasteiger partial charge on any atom is 0.197 e. The molecule has 1 aliphatic heterocycles. The molecule has 2 aromatic rings. The van der Waals surface area contributed by atoms with Crippen molar-refractivity contribution in [3.8, 4) is 5.75 Å². The Bertz CT molecular complexity index is 630. The average molecular weight is 268 g/mol.